The first-order chi connectivity index (χ1) is 8.62. The van der Waals surface area contributed by atoms with Crippen LogP contribution in [-0.4, -0.2) is 25.9 Å². The third-order valence-corrected chi connectivity index (χ3v) is 4.30. The number of rotatable bonds is 2. The van der Waals surface area contributed by atoms with Crippen molar-refractivity contribution in [2.24, 2.45) is 0 Å². The molecule has 102 valence electrons. The van der Waals surface area contributed by atoms with Gasteiger partial charge in [-0.2, -0.15) is 16.8 Å². The molecule has 0 bridgehead atoms. The van der Waals surface area contributed by atoms with Crippen molar-refractivity contribution in [3.05, 3.63) is 36.1 Å². The summed E-state index contributed by atoms with van der Waals surface area (Å²) in [6.07, 6.45) is 0. The molecule has 0 aliphatic carbocycles. The van der Waals surface area contributed by atoms with E-state index in [4.69, 9.17) is 9.11 Å². The summed E-state index contributed by atoms with van der Waals surface area (Å²) >= 11 is 0. The monoisotopic (exact) mass is 306 g/mol. The van der Waals surface area contributed by atoms with Crippen LogP contribution in [-0.2, 0) is 20.2 Å². The van der Waals surface area contributed by atoms with Crippen molar-refractivity contribution in [3.8, 4) is 0 Å². The molecule has 9 heteroatoms. The zero-order valence-corrected chi connectivity index (χ0v) is 10.7. The van der Waals surface area contributed by atoms with Gasteiger partial charge in [0.05, 0.1) is 0 Å². The molecule has 0 aromatic heterocycles. The Morgan fingerprint density at radius 1 is 0.842 bits per heavy atom. The van der Waals surface area contributed by atoms with E-state index >= 15 is 0 Å². The Balaban J connectivity index is 3.07. The topological polar surface area (TPSA) is 109 Å². The Kier molecular flexibility index (Phi) is 3.09. The Morgan fingerprint density at radius 2 is 1.47 bits per heavy atom. The first-order valence-corrected chi connectivity index (χ1v) is 7.66. The molecule has 19 heavy (non-hydrogen) atoms. The first-order valence-electron chi connectivity index (χ1n) is 4.78. The van der Waals surface area contributed by atoms with E-state index in [-0.39, 0.29) is 10.8 Å². The summed E-state index contributed by atoms with van der Waals surface area (Å²) in [5.74, 6) is -1.22. The molecule has 0 atom stereocenters. The van der Waals surface area contributed by atoms with Gasteiger partial charge in [-0.25, -0.2) is 4.39 Å². The third-order valence-electron chi connectivity index (χ3n) is 2.46. The van der Waals surface area contributed by atoms with Crippen molar-refractivity contribution in [1.29, 1.82) is 0 Å². The number of halogens is 1. The molecular formula is C10H7FO6S2. The summed E-state index contributed by atoms with van der Waals surface area (Å²) in [4.78, 5) is -1.61. The van der Waals surface area contributed by atoms with Gasteiger partial charge in [-0.1, -0.05) is 12.1 Å². The number of benzene rings is 2. The van der Waals surface area contributed by atoms with Gasteiger partial charge in [0.1, 0.15) is 15.6 Å². The van der Waals surface area contributed by atoms with Gasteiger partial charge >= 0.3 is 0 Å². The van der Waals surface area contributed by atoms with Gasteiger partial charge in [0, 0.05) is 10.8 Å². The molecule has 0 aliphatic heterocycles. The van der Waals surface area contributed by atoms with Gasteiger partial charge in [-0.15, -0.1) is 0 Å². The highest BCUT2D eigenvalue weighted by Gasteiger charge is 2.23. The van der Waals surface area contributed by atoms with Crippen molar-refractivity contribution in [2.75, 3.05) is 0 Å². The van der Waals surface area contributed by atoms with E-state index in [1.165, 1.54) is 0 Å². The number of hydrogen-bond donors (Lipinski definition) is 2. The number of hydrogen-bond acceptors (Lipinski definition) is 4. The van der Waals surface area contributed by atoms with E-state index in [0.29, 0.717) is 6.07 Å². The normalized spacial score (nSPS) is 12.8. The van der Waals surface area contributed by atoms with Crippen molar-refractivity contribution in [2.45, 2.75) is 9.79 Å². The molecule has 2 aromatic rings. The predicted molar refractivity (Wildman–Crippen MR) is 63.5 cm³/mol. The van der Waals surface area contributed by atoms with Crippen molar-refractivity contribution < 1.29 is 30.3 Å². The predicted octanol–water partition coefficient (Wildman–Crippen LogP) is 1.47. The second-order valence-electron chi connectivity index (χ2n) is 3.68. The summed E-state index contributed by atoms with van der Waals surface area (Å²) in [6.45, 7) is 0. The van der Waals surface area contributed by atoms with E-state index in [1.807, 2.05) is 0 Å². The average Bonchev–Trinajstić information content (AvgIpc) is 2.24. The van der Waals surface area contributed by atoms with Crippen LogP contribution >= 0.6 is 0 Å². The lowest BCUT2D eigenvalue weighted by Crippen LogP contribution is -2.05. The highest BCUT2D eigenvalue weighted by atomic mass is 32.2. The number of fused-ring (bicyclic) bond motifs is 1. The maximum Gasteiger partial charge on any atom is 0.298 e. The minimum absolute atomic E-state index is 0.209. The smallest absolute Gasteiger partial charge is 0.282 e. The van der Waals surface area contributed by atoms with E-state index in [2.05, 4.69) is 0 Å². The van der Waals surface area contributed by atoms with Crippen molar-refractivity contribution in [1.82, 2.24) is 0 Å². The second kappa shape index (κ2) is 4.23. The molecule has 2 aromatic carbocycles. The molecule has 0 unspecified atom stereocenters. The van der Waals surface area contributed by atoms with Gasteiger partial charge in [0.2, 0.25) is 0 Å². The third kappa shape index (κ3) is 2.45. The molecule has 0 heterocycles. The lowest BCUT2D eigenvalue weighted by atomic mass is 10.1. The zero-order valence-electron chi connectivity index (χ0n) is 9.11. The van der Waals surface area contributed by atoms with Gasteiger partial charge < -0.3 is 0 Å². The van der Waals surface area contributed by atoms with E-state index < -0.39 is 35.8 Å². The van der Waals surface area contributed by atoms with E-state index in [0.717, 1.165) is 24.3 Å². The molecule has 0 saturated heterocycles. The molecule has 0 fully saturated rings. The van der Waals surface area contributed by atoms with Crippen LogP contribution in [0.25, 0.3) is 10.8 Å². The summed E-state index contributed by atoms with van der Waals surface area (Å²) in [5.41, 5.74) is 0. The SMILES string of the molecule is O=S(=O)(O)c1cccc2c(S(=O)(=O)O)c(F)ccc12. The molecule has 0 spiro atoms. The Hall–Kier alpha value is -1.55. The Labute approximate surface area is 108 Å². The average molecular weight is 306 g/mol. The summed E-state index contributed by atoms with van der Waals surface area (Å²) < 4.78 is 76.0. The Bertz CT molecular complexity index is 870. The maximum absolute atomic E-state index is 13.5. The molecular weight excluding hydrogens is 299 g/mol. The summed E-state index contributed by atoms with van der Waals surface area (Å²) in [7, 11) is -9.48. The van der Waals surface area contributed by atoms with E-state index in [1.54, 1.807) is 0 Å². The fourth-order valence-corrected chi connectivity index (χ4v) is 3.24. The highest BCUT2D eigenvalue weighted by molar-refractivity contribution is 7.86. The zero-order chi connectivity index (χ0) is 14.4. The van der Waals surface area contributed by atoms with Crippen LogP contribution in [0.2, 0.25) is 0 Å². The standard InChI is InChI=1S/C10H7FO6S2/c11-8-5-4-6-7(10(8)19(15,16)17)2-1-3-9(6)18(12,13)14/h1-5H,(H,12,13,14)(H,15,16,17). The van der Waals surface area contributed by atoms with Gasteiger partial charge in [-0.05, 0) is 18.2 Å². The molecule has 0 radical (unpaired) electrons. The van der Waals surface area contributed by atoms with Crippen molar-refractivity contribution >= 4 is 31.0 Å². The Morgan fingerprint density at radius 3 is 2.00 bits per heavy atom. The molecule has 2 rings (SSSR count). The minimum Gasteiger partial charge on any atom is -0.282 e. The summed E-state index contributed by atoms with van der Waals surface area (Å²) in [6, 6.07) is 4.97. The molecule has 0 saturated carbocycles. The van der Waals surface area contributed by atoms with Crippen molar-refractivity contribution in [3.63, 3.8) is 0 Å². The first kappa shape index (κ1) is 13.9. The molecule has 0 aliphatic rings. The van der Waals surface area contributed by atoms with Crippen LogP contribution in [0.5, 0.6) is 0 Å². The van der Waals surface area contributed by atoms with Crippen LogP contribution in [0, 0.1) is 5.82 Å². The highest BCUT2D eigenvalue weighted by Crippen LogP contribution is 2.30. The van der Waals surface area contributed by atoms with Gasteiger partial charge in [0.25, 0.3) is 20.2 Å². The summed E-state index contributed by atoms with van der Waals surface area (Å²) in [5, 5.41) is -0.545. The van der Waals surface area contributed by atoms with E-state index in [9.17, 15) is 21.2 Å². The lowest BCUT2D eigenvalue weighted by Gasteiger charge is -2.08. The van der Waals surface area contributed by atoms with Crippen LogP contribution in [0.1, 0.15) is 0 Å². The second-order valence-corrected chi connectivity index (χ2v) is 6.43. The molecule has 0 amide bonds. The van der Waals surface area contributed by atoms with Crippen LogP contribution in [0.3, 0.4) is 0 Å². The fourth-order valence-electron chi connectivity index (χ4n) is 1.76. The van der Waals surface area contributed by atoms with Gasteiger partial charge in [-0.3, -0.25) is 9.11 Å². The van der Waals surface area contributed by atoms with Crippen LogP contribution in [0.15, 0.2) is 40.1 Å². The van der Waals surface area contributed by atoms with Crippen LogP contribution in [0.4, 0.5) is 4.39 Å². The minimum atomic E-state index is -4.87. The largest absolute Gasteiger partial charge is 0.298 e. The lowest BCUT2D eigenvalue weighted by molar-refractivity contribution is 0.474. The van der Waals surface area contributed by atoms with Gasteiger partial charge in [0.15, 0.2) is 0 Å². The maximum atomic E-state index is 13.5. The molecule has 2 N–H and O–H groups in total. The quantitative estimate of drug-likeness (QED) is 0.813. The molecule has 6 nitrogen and oxygen atoms in total. The fraction of sp³-hybridized carbons (Fsp3) is 0. The van der Waals surface area contributed by atoms with Crippen LogP contribution < -0.4 is 0 Å².